The molecule has 300 valence electrons. The standard InChI is InChI=1S/C46H75NO5S/c1-3-5-7-9-11-13-15-17-19-20-21-22-23-24-25-26-28-30-32-34-36-38-40-42-46(49)47-44(43-53(50,51)52)45(48)41-39-37-35-33-31-29-27-18-16-14-12-10-8-6-4-2/h5,7,11,13,17,19,21-22,24-25,28,30-31,33-34,36,39,41,44-45,48H,3-4,6,8-10,12,14-16,18,20,23,26-27,29,32,35,37-38,40,42-43H2,1-2H3,(H,47,49)(H,50,51,52)/b7-5-,13-11-,19-17-,22-21-,25-24-,30-28-,33-31+,36-34-,41-39+. The molecule has 0 fully saturated rings. The summed E-state index contributed by atoms with van der Waals surface area (Å²) in [5, 5.41) is 13.2. The van der Waals surface area contributed by atoms with Crippen LogP contribution in [0.25, 0.3) is 0 Å². The molecule has 0 heterocycles. The van der Waals surface area contributed by atoms with Gasteiger partial charge < -0.3 is 10.4 Å². The van der Waals surface area contributed by atoms with Gasteiger partial charge in [-0.25, -0.2) is 0 Å². The Hall–Kier alpha value is -3.00. The van der Waals surface area contributed by atoms with Gasteiger partial charge in [0.1, 0.15) is 0 Å². The summed E-state index contributed by atoms with van der Waals surface area (Å²) in [6.45, 7) is 4.39. The van der Waals surface area contributed by atoms with Gasteiger partial charge in [0.05, 0.1) is 17.9 Å². The molecule has 0 spiro atoms. The van der Waals surface area contributed by atoms with Crippen LogP contribution in [0.15, 0.2) is 109 Å². The summed E-state index contributed by atoms with van der Waals surface area (Å²) in [7, 11) is -4.38. The fourth-order valence-electron chi connectivity index (χ4n) is 5.39. The molecule has 0 aliphatic rings. The Balaban J connectivity index is 4.13. The first kappa shape index (κ1) is 50.0. The van der Waals surface area contributed by atoms with Crippen LogP contribution in [-0.2, 0) is 14.9 Å². The maximum atomic E-state index is 12.5. The van der Waals surface area contributed by atoms with E-state index in [0.717, 1.165) is 57.8 Å². The van der Waals surface area contributed by atoms with Crippen LogP contribution in [0.1, 0.15) is 155 Å². The van der Waals surface area contributed by atoms with Gasteiger partial charge >= 0.3 is 0 Å². The van der Waals surface area contributed by atoms with Gasteiger partial charge in [-0.15, -0.1) is 0 Å². The fourth-order valence-corrected chi connectivity index (χ4v) is 6.13. The lowest BCUT2D eigenvalue weighted by Gasteiger charge is -2.21. The van der Waals surface area contributed by atoms with Crippen LogP contribution >= 0.6 is 0 Å². The van der Waals surface area contributed by atoms with Crippen LogP contribution in [0, 0.1) is 0 Å². The van der Waals surface area contributed by atoms with Crippen LogP contribution in [-0.4, -0.2) is 41.9 Å². The minimum absolute atomic E-state index is 0.201. The number of allylic oxidation sites excluding steroid dienone is 17. The molecule has 7 heteroatoms. The molecular weight excluding hydrogens is 679 g/mol. The first-order valence-electron chi connectivity index (χ1n) is 20.6. The topological polar surface area (TPSA) is 104 Å². The van der Waals surface area contributed by atoms with E-state index in [1.807, 2.05) is 6.08 Å². The van der Waals surface area contributed by atoms with E-state index in [0.29, 0.717) is 19.3 Å². The third kappa shape index (κ3) is 40.0. The van der Waals surface area contributed by atoms with E-state index in [9.17, 15) is 22.9 Å². The highest BCUT2D eigenvalue weighted by Gasteiger charge is 2.24. The van der Waals surface area contributed by atoms with Crippen molar-refractivity contribution < 1.29 is 22.9 Å². The molecule has 0 saturated carbocycles. The number of amides is 1. The van der Waals surface area contributed by atoms with Gasteiger partial charge in [-0.1, -0.05) is 175 Å². The zero-order valence-electron chi connectivity index (χ0n) is 33.3. The molecule has 0 aliphatic heterocycles. The molecular formula is C46H75NO5S. The zero-order valence-corrected chi connectivity index (χ0v) is 34.2. The lowest BCUT2D eigenvalue weighted by atomic mass is 10.1. The second kappa shape index (κ2) is 38.7. The maximum absolute atomic E-state index is 12.5. The molecule has 0 aliphatic carbocycles. The van der Waals surface area contributed by atoms with Crippen LogP contribution in [0.5, 0.6) is 0 Å². The summed E-state index contributed by atoms with van der Waals surface area (Å²) < 4.78 is 32.5. The largest absolute Gasteiger partial charge is 0.387 e. The highest BCUT2D eigenvalue weighted by atomic mass is 32.2. The van der Waals surface area contributed by atoms with Gasteiger partial charge in [0.2, 0.25) is 5.91 Å². The second-order valence-corrected chi connectivity index (χ2v) is 15.0. The molecule has 53 heavy (non-hydrogen) atoms. The fraction of sp³-hybridized carbons (Fsp3) is 0.587. The minimum Gasteiger partial charge on any atom is -0.387 e. The molecule has 0 aromatic carbocycles. The van der Waals surface area contributed by atoms with Crippen molar-refractivity contribution >= 4 is 16.0 Å². The van der Waals surface area contributed by atoms with E-state index in [1.54, 1.807) is 6.08 Å². The summed E-state index contributed by atoms with van der Waals surface area (Å²) in [5.74, 6) is -1.09. The Labute approximate surface area is 325 Å². The Kier molecular flexibility index (Phi) is 36.5. The second-order valence-electron chi connectivity index (χ2n) is 13.5. The molecule has 1 amide bonds. The summed E-state index contributed by atoms with van der Waals surface area (Å²) in [4.78, 5) is 12.5. The number of hydrogen-bond donors (Lipinski definition) is 3. The normalized spacial score (nSPS) is 14.4. The average molecular weight is 754 g/mol. The molecule has 0 radical (unpaired) electrons. The molecule has 0 aromatic heterocycles. The van der Waals surface area contributed by atoms with Crippen LogP contribution in [0.2, 0.25) is 0 Å². The van der Waals surface area contributed by atoms with Crippen molar-refractivity contribution in [1.29, 1.82) is 0 Å². The van der Waals surface area contributed by atoms with Gasteiger partial charge in [0.15, 0.2) is 0 Å². The van der Waals surface area contributed by atoms with Crippen molar-refractivity contribution in [2.75, 3.05) is 5.75 Å². The van der Waals surface area contributed by atoms with Crippen molar-refractivity contribution in [3.05, 3.63) is 109 Å². The quantitative estimate of drug-likeness (QED) is 0.0340. The summed E-state index contributed by atoms with van der Waals surface area (Å²) >= 11 is 0. The number of carbonyl (C=O) groups is 1. The van der Waals surface area contributed by atoms with Crippen molar-refractivity contribution in [3.63, 3.8) is 0 Å². The third-order valence-electron chi connectivity index (χ3n) is 8.43. The van der Waals surface area contributed by atoms with Gasteiger partial charge in [0, 0.05) is 6.42 Å². The lowest BCUT2D eigenvalue weighted by Crippen LogP contribution is -2.46. The average Bonchev–Trinajstić information content (AvgIpc) is 3.12. The molecule has 2 atom stereocenters. The number of aliphatic hydroxyl groups is 1. The minimum atomic E-state index is -4.38. The van der Waals surface area contributed by atoms with E-state index in [2.05, 4.69) is 110 Å². The monoisotopic (exact) mass is 754 g/mol. The van der Waals surface area contributed by atoms with Gasteiger partial charge in [-0.2, -0.15) is 8.42 Å². The predicted octanol–water partition coefficient (Wildman–Crippen LogP) is 12.3. The van der Waals surface area contributed by atoms with Crippen LogP contribution in [0.4, 0.5) is 0 Å². The van der Waals surface area contributed by atoms with Gasteiger partial charge in [-0.05, 0) is 83.5 Å². The molecule has 0 saturated heterocycles. The number of nitrogens with one attached hydrogen (secondary N) is 1. The van der Waals surface area contributed by atoms with Crippen LogP contribution < -0.4 is 5.32 Å². The van der Waals surface area contributed by atoms with Gasteiger partial charge in [-0.3, -0.25) is 9.35 Å². The van der Waals surface area contributed by atoms with Crippen molar-refractivity contribution in [1.82, 2.24) is 5.32 Å². The summed E-state index contributed by atoms with van der Waals surface area (Å²) in [6, 6.07) is -1.11. The Morgan fingerprint density at radius 2 is 0.925 bits per heavy atom. The van der Waals surface area contributed by atoms with Gasteiger partial charge in [0.25, 0.3) is 10.1 Å². The Morgan fingerprint density at radius 3 is 1.42 bits per heavy atom. The highest BCUT2D eigenvalue weighted by Crippen LogP contribution is 2.11. The van der Waals surface area contributed by atoms with E-state index < -0.39 is 28.0 Å². The maximum Gasteiger partial charge on any atom is 0.267 e. The number of carbonyl (C=O) groups excluding carboxylic acids is 1. The Morgan fingerprint density at radius 1 is 0.528 bits per heavy atom. The van der Waals surface area contributed by atoms with E-state index in [4.69, 9.17) is 0 Å². The van der Waals surface area contributed by atoms with Crippen molar-refractivity contribution in [2.24, 2.45) is 0 Å². The highest BCUT2D eigenvalue weighted by molar-refractivity contribution is 7.85. The molecule has 3 N–H and O–H groups in total. The van der Waals surface area contributed by atoms with E-state index in [1.165, 1.54) is 63.9 Å². The molecule has 0 rings (SSSR count). The molecule has 0 aromatic rings. The molecule has 2 unspecified atom stereocenters. The number of rotatable bonds is 35. The smallest absolute Gasteiger partial charge is 0.267 e. The first-order valence-corrected chi connectivity index (χ1v) is 22.2. The third-order valence-corrected chi connectivity index (χ3v) is 9.21. The number of unbranched alkanes of at least 4 members (excludes halogenated alkanes) is 11. The van der Waals surface area contributed by atoms with E-state index in [-0.39, 0.29) is 12.3 Å². The SMILES string of the molecule is CC/C=C\C/C=C\C/C=C\C/C=C\C/C=C\C/C=C\C/C=C\CCCC(=O)NC(CS(=O)(=O)O)C(O)/C=C/CC/C=C/CCCCCCCCCCC. The molecule has 6 nitrogen and oxygen atoms in total. The number of aliphatic hydroxyl groups excluding tert-OH is 1. The Bertz CT molecular complexity index is 1240. The predicted molar refractivity (Wildman–Crippen MR) is 230 cm³/mol. The van der Waals surface area contributed by atoms with Crippen molar-refractivity contribution in [3.8, 4) is 0 Å². The first-order chi connectivity index (χ1) is 25.8. The summed E-state index contributed by atoms with van der Waals surface area (Å²) in [5.41, 5.74) is 0. The zero-order chi connectivity index (χ0) is 38.9. The van der Waals surface area contributed by atoms with Crippen LogP contribution in [0.3, 0.4) is 0 Å². The van der Waals surface area contributed by atoms with E-state index >= 15 is 0 Å². The van der Waals surface area contributed by atoms with Crippen molar-refractivity contribution in [2.45, 2.75) is 167 Å². The lowest BCUT2D eigenvalue weighted by molar-refractivity contribution is -0.122. The molecule has 0 bridgehead atoms. The number of hydrogen-bond acceptors (Lipinski definition) is 4. The summed E-state index contributed by atoms with van der Waals surface area (Å²) in [6.07, 6.45) is 59.3.